The molecule has 1 saturated heterocycles. The van der Waals surface area contributed by atoms with Gasteiger partial charge < -0.3 is 14.6 Å². The minimum absolute atomic E-state index is 0.270. The van der Waals surface area contributed by atoms with Gasteiger partial charge in [0, 0.05) is 23.6 Å². The molecule has 0 aliphatic carbocycles. The van der Waals surface area contributed by atoms with Gasteiger partial charge in [-0.25, -0.2) is 9.18 Å². The second-order valence-corrected chi connectivity index (χ2v) is 7.61. The van der Waals surface area contributed by atoms with E-state index in [1.807, 2.05) is 44.2 Å². The molecule has 0 spiro atoms. The first-order valence-electron chi connectivity index (χ1n) is 10.4. The Balaban J connectivity index is 1.52. The van der Waals surface area contributed by atoms with E-state index in [0.29, 0.717) is 18.9 Å². The minimum Gasteiger partial charge on any atom is -0.489 e. The number of halogens is 1. The molecule has 6 nitrogen and oxygen atoms in total. The zero-order valence-electron chi connectivity index (χ0n) is 18.2. The molecule has 3 aromatic rings. The van der Waals surface area contributed by atoms with Crippen LogP contribution in [-0.4, -0.2) is 28.0 Å². The van der Waals surface area contributed by atoms with Crippen LogP contribution in [0.1, 0.15) is 29.4 Å². The highest BCUT2D eigenvalue weighted by molar-refractivity contribution is 6.14. The lowest BCUT2D eigenvalue weighted by atomic mass is 10.2. The highest BCUT2D eigenvalue weighted by atomic mass is 19.1. The van der Waals surface area contributed by atoms with Gasteiger partial charge in [0.2, 0.25) is 0 Å². The first-order valence-corrected chi connectivity index (χ1v) is 10.4. The number of hydrogen-bond acceptors (Lipinski definition) is 3. The topological polar surface area (TPSA) is 63.6 Å². The molecule has 0 atom stereocenters. The van der Waals surface area contributed by atoms with Crippen molar-refractivity contribution in [3.05, 3.63) is 88.6 Å². The Morgan fingerprint density at radius 2 is 1.72 bits per heavy atom. The van der Waals surface area contributed by atoms with E-state index < -0.39 is 6.03 Å². The Hall–Kier alpha value is -3.87. The minimum atomic E-state index is -0.395. The maximum atomic E-state index is 13.0. The predicted molar refractivity (Wildman–Crippen MR) is 120 cm³/mol. The monoisotopic (exact) mass is 433 g/mol. The summed E-state index contributed by atoms with van der Waals surface area (Å²) in [7, 11) is 0. The highest BCUT2D eigenvalue weighted by Crippen LogP contribution is 2.25. The van der Waals surface area contributed by atoms with Crippen LogP contribution in [0.3, 0.4) is 0 Å². The Kier molecular flexibility index (Phi) is 5.81. The van der Waals surface area contributed by atoms with Crippen LogP contribution < -0.4 is 10.1 Å². The van der Waals surface area contributed by atoms with Crippen molar-refractivity contribution < 1.29 is 18.7 Å². The summed E-state index contributed by atoms with van der Waals surface area (Å²) in [5.74, 6) is 0.125. The lowest BCUT2D eigenvalue weighted by Gasteiger charge is -2.11. The summed E-state index contributed by atoms with van der Waals surface area (Å²) in [5.41, 5.74) is 4.93. The third-order valence-corrected chi connectivity index (χ3v) is 5.46. The SMILES string of the molecule is CCN1C(=O)N/C(=C/c2cc(C)n(-c3ccc(OCc4ccc(F)cc4)cc3)c2C)C1=O. The summed E-state index contributed by atoms with van der Waals surface area (Å²) in [4.78, 5) is 25.5. The van der Waals surface area contributed by atoms with Gasteiger partial charge in [-0.2, -0.15) is 0 Å². The molecule has 0 radical (unpaired) electrons. The van der Waals surface area contributed by atoms with Crippen LogP contribution in [0.5, 0.6) is 5.75 Å². The number of benzene rings is 2. The van der Waals surface area contributed by atoms with Gasteiger partial charge in [0.1, 0.15) is 23.9 Å². The Labute approximate surface area is 185 Å². The summed E-state index contributed by atoms with van der Waals surface area (Å²) in [6, 6.07) is 15.5. The summed E-state index contributed by atoms with van der Waals surface area (Å²) in [6.45, 7) is 6.40. The van der Waals surface area contributed by atoms with Crippen LogP contribution in [0.25, 0.3) is 11.8 Å². The van der Waals surface area contributed by atoms with Gasteiger partial charge in [0.25, 0.3) is 5.91 Å². The fourth-order valence-electron chi connectivity index (χ4n) is 3.78. The van der Waals surface area contributed by atoms with Crippen LogP contribution in [0.2, 0.25) is 0 Å². The number of rotatable bonds is 6. The second-order valence-electron chi connectivity index (χ2n) is 7.61. The second kappa shape index (κ2) is 8.70. The molecule has 1 aliphatic heterocycles. The number of carbonyl (C=O) groups is 2. The van der Waals surface area contributed by atoms with Crippen molar-refractivity contribution in [3.63, 3.8) is 0 Å². The normalized spacial score (nSPS) is 14.9. The quantitative estimate of drug-likeness (QED) is 0.452. The number of carbonyl (C=O) groups excluding carboxylic acids is 2. The molecule has 1 N–H and O–H groups in total. The molecule has 7 heteroatoms. The number of likely N-dealkylation sites (N-methyl/N-ethyl adjacent to an activating group) is 1. The number of hydrogen-bond donors (Lipinski definition) is 1. The zero-order chi connectivity index (χ0) is 22.8. The van der Waals surface area contributed by atoms with Gasteiger partial charge in [-0.15, -0.1) is 0 Å². The number of amides is 3. The fourth-order valence-corrected chi connectivity index (χ4v) is 3.78. The molecule has 164 valence electrons. The van der Waals surface area contributed by atoms with Crippen molar-refractivity contribution in [2.24, 2.45) is 0 Å². The van der Waals surface area contributed by atoms with Crippen LogP contribution >= 0.6 is 0 Å². The molecule has 0 bridgehead atoms. The van der Waals surface area contributed by atoms with Gasteiger partial charge in [-0.3, -0.25) is 9.69 Å². The highest BCUT2D eigenvalue weighted by Gasteiger charge is 2.32. The standard InChI is InChI=1S/C25H24FN3O3/c1-4-28-24(30)23(27-25(28)31)14-19-13-16(2)29(17(19)3)21-9-11-22(12-10-21)32-15-18-5-7-20(26)8-6-18/h5-14H,4,15H2,1-3H3,(H,27,31)/b23-14+. The van der Waals surface area contributed by atoms with Crippen molar-refractivity contribution in [2.45, 2.75) is 27.4 Å². The lowest BCUT2D eigenvalue weighted by Crippen LogP contribution is -2.30. The van der Waals surface area contributed by atoms with E-state index in [9.17, 15) is 14.0 Å². The summed E-state index contributed by atoms with van der Waals surface area (Å²) < 4.78 is 20.9. The van der Waals surface area contributed by atoms with Gasteiger partial charge in [-0.05, 0) is 80.4 Å². The summed E-state index contributed by atoms with van der Waals surface area (Å²) in [6.07, 6.45) is 1.72. The van der Waals surface area contributed by atoms with Gasteiger partial charge in [-0.1, -0.05) is 12.1 Å². The van der Waals surface area contributed by atoms with E-state index in [-0.39, 0.29) is 17.4 Å². The first kappa shape index (κ1) is 21.4. The first-order chi connectivity index (χ1) is 15.4. The predicted octanol–water partition coefficient (Wildman–Crippen LogP) is 4.72. The number of aromatic nitrogens is 1. The van der Waals surface area contributed by atoms with E-state index in [0.717, 1.165) is 28.2 Å². The van der Waals surface area contributed by atoms with Crippen molar-refractivity contribution >= 4 is 18.0 Å². The van der Waals surface area contributed by atoms with E-state index >= 15 is 0 Å². The van der Waals surface area contributed by atoms with Gasteiger partial charge >= 0.3 is 6.03 Å². The molecule has 3 amide bonds. The fraction of sp³-hybridized carbons (Fsp3) is 0.200. The van der Waals surface area contributed by atoms with E-state index in [2.05, 4.69) is 9.88 Å². The maximum absolute atomic E-state index is 13.0. The largest absolute Gasteiger partial charge is 0.489 e. The smallest absolute Gasteiger partial charge is 0.328 e. The number of aryl methyl sites for hydroxylation is 1. The Morgan fingerprint density at radius 3 is 2.34 bits per heavy atom. The third-order valence-electron chi connectivity index (χ3n) is 5.46. The number of nitrogens with zero attached hydrogens (tertiary/aromatic N) is 2. The summed E-state index contributed by atoms with van der Waals surface area (Å²) in [5, 5.41) is 2.64. The molecule has 0 saturated carbocycles. The maximum Gasteiger partial charge on any atom is 0.328 e. The molecular weight excluding hydrogens is 409 g/mol. The molecule has 1 aliphatic rings. The molecule has 4 rings (SSSR count). The van der Waals surface area contributed by atoms with Crippen molar-refractivity contribution in [1.82, 2.24) is 14.8 Å². The van der Waals surface area contributed by atoms with Crippen LogP contribution in [0.4, 0.5) is 9.18 Å². The Morgan fingerprint density at radius 1 is 1.03 bits per heavy atom. The van der Waals surface area contributed by atoms with Crippen molar-refractivity contribution in [3.8, 4) is 11.4 Å². The Bertz CT molecular complexity index is 1190. The van der Waals surface area contributed by atoms with Crippen molar-refractivity contribution in [1.29, 1.82) is 0 Å². The third kappa shape index (κ3) is 4.14. The number of nitrogens with one attached hydrogen (secondary N) is 1. The molecule has 32 heavy (non-hydrogen) atoms. The van der Waals surface area contributed by atoms with Gasteiger partial charge in [0.05, 0.1) is 0 Å². The molecule has 1 fully saturated rings. The number of urea groups is 1. The molecule has 1 aromatic heterocycles. The number of ether oxygens (including phenoxy) is 1. The van der Waals surface area contributed by atoms with E-state index in [1.165, 1.54) is 17.0 Å². The number of imide groups is 1. The van der Waals surface area contributed by atoms with Crippen LogP contribution in [-0.2, 0) is 11.4 Å². The molecule has 2 heterocycles. The average molecular weight is 433 g/mol. The zero-order valence-corrected chi connectivity index (χ0v) is 18.2. The lowest BCUT2D eigenvalue weighted by molar-refractivity contribution is -0.122. The van der Waals surface area contributed by atoms with Crippen LogP contribution in [0.15, 0.2) is 60.3 Å². The molecule has 0 unspecified atom stereocenters. The molecule has 2 aromatic carbocycles. The van der Waals surface area contributed by atoms with E-state index in [1.54, 1.807) is 25.1 Å². The van der Waals surface area contributed by atoms with Crippen molar-refractivity contribution in [2.75, 3.05) is 6.54 Å². The van der Waals surface area contributed by atoms with E-state index in [4.69, 9.17) is 4.74 Å². The summed E-state index contributed by atoms with van der Waals surface area (Å²) >= 11 is 0. The van der Waals surface area contributed by atoms with Gasteiger partial charge in [0.15, 0.2) is 0 Å². The van der Waals surface area contributed by atoms with Crippen LogP contribution in [0, 0.1) is 19.7 Å². The molecular formula is C25H24FN3O3. The average Bonchev–Trinajstić information content (AvgIpc) is 3.21.